The van der Waals surface area contributed by atoms with E-state index in [1.165, 1.54) is 11.1 Å². The number of piperazine rings is 1. The highest BCUT2D eigenvalue weighted by Crippen LogP contribution is 2.27. The maximum atomic E-state index is 9.25. The lowest BCUT2D eigenvalue weighted by molar-refractivity contribution is 0.121. The first-order valence-corrected chi connectivity index (χ1v) is 8.61. The minimum Gasteiger partial charge on any atom is -0.354 e. The molecule has 0 amide bonds. The summed E-state index contributed by atoms with van der Waals surface area (Å²) in [4.78, 5) is 4.65. The summed E-state index contributed by atoms with van der Waals surface area (Å²) in [6, 6.07) is 21.2. The van der Waals surface area contributed by atoms with Crippen molar-refractivity contribution in [3.05, 3.63) is 77.6 Å². The number of rotatable bonds is 4. The van der Waals surface area contributed by atoms with Crippen LogP contribution in [0.25, 0.3) is 0 Å². The number of para-hydroxylation sites is 1. The number of anilines is 1. The molecule has 1 saturated heterocycles. The Morgan fingerprint density at radius 1 is 1.12 bits per heavy atom. The van der Waals surface area contributed by atoms with E-state index in [1.807, 2.05) is 24.3 Å². The first kappa shape index (κ1) is 17.1. The van der Waals surface area contributed by atoms with E-state index in [9.17, 15) is 5.26 Å². The summed E-state index contributed by atoms with van der Waals surface area (Å²) < 4.78 is 0. The first-order chi connectivity index (χ1) is 12.2. The average Bonchev–Trinajstić information content (AvgIpc) is 2.64. The zero-order valence-electron chi connectivity index (χ0n) is 14.8. The number of hydrogen-bond donors (Lipinski definition) is 1. The summed E-state index contributed by atoms with van der Waals surface area (Å²) in [5.74, 6) is 0.867. The van der Waals surface area contributed by atoms with Gasteiger partial charge in [-0.05, 0) is 31.2 Å². The minimum atomic E-state index is 0.315. The zero-order chi connectivity index (χ0) is 17.6. The molecule has 0 bridgehead atoms. The highest BCUT2D eigenvalue weighted by atomic mass is 15.3. The Morgan fingerprint density at radius 3 is 2.56 bits per heavy atom. The molecule has 0 spiro atoms. The van der Waals surface area contributed by atoms with Crippen molar-refractivity contribution in [2.75, 3.05) is 32.0 Å². The van der Waals surface area contributed by atoms with Crippen LogP contribution in [0.5, 0.6) is 0 Å². The molecule has 128 valence electrons. The van der Waals surface area contributed by atoms with E-state index in [0.29, 0.717) is 6.04 Å². The van der Waals surface area contributed by atoms with Crippen LogP contribution < -0.4 is 5.32 Å². The van der Waals surface area contributed by atoms with Crippen molar-refractivity contribution in [1.29, 1.82) is 5.26 Å². The molecule has 2 aromatic carbocycles. The van der Waals surface area contributed by atoms with E-state index in [2.05, 4.69) is 65.5 Å². The molecule has 1 N–H and O–H groups in total. The van der Waals surface area contributed by atoms with Crippen LogP contribution in [-0.4, -0.2) is 36.5 Å². The number of benzene rings is 2. The van der Waals surface area contributed by atoms with Gasteiger partial charge in [-0.25, -0.2) is 0 Å². The van der Waals surface area contributed by atoms with Crippen molar-refractivity contribution in [2.24, 2.45) is 0 Å². The van der Waals surface area contributed by atoms with Crippen LogP contribution >= 0.6 is 0 Å². The fourth-order valence-corrected chi connectivity index (χ4v) is 3.25. The largest absolute Gasteiger partial charge is 0.354 e. The van der Waals surface area contributed by atoms with Crippen LogP contribution in [0.1, 0.15) is 17.2 Å². The lowest BCUT2D eigenvalue weighted by atomic mass is 10.0. The monoisotopic (exact) mass is 332 g/mol. The van der Waals surface area contributed by atoms with Crippen molar-refractivity contribution in [3.8, 4) is 6.07 Å². The van der Waals surface area contributed by atoms with Gasteiger partial charge in [0.25, 0.3) is 0 Å². The van der Waals surface area contributed by atoms with Crippen LogP contribution in [0.4, 0.5) is 5.69 Å². The molecule has 1 atom stereocenters. The van der Waals surface area contributed by atoms with Gasteiger partial charge in [0.2, 0.25) is 0 Å². The number of nitriles is 1. The Hall–Kier alpha value is -2.77. The van der Waals surface area contributed by atoms with Gasteiger partial charge < -0.3 is 10.2 Å². The second-order valence-corrected chi connectivity index (χ2v) is 6.45. The second-order valence-electron chi connectivity index (χ2n) is 6.45. The van der Waals surface area contributed by atoms with E-state index in [4.69, 9.17) is 0 Å². The number of aryl methyl sites for hydroxylation is 1. The van der Waals surface area contributed by atoms with Gasteiger partial charge in [0, 0.05) is 25.3 Å². The number of hydrogen-bond acceptors (Lipinski definition) is 4. The smallest absolute Gasteiger partial charge is 0.117 e. The van der Waals surface area contributed by atoms with E-state index >= 15 is 0 Å². The second kappa shape index (κ2) is 7.87. The third kappa shape index (κ3) is 4.01. The molecule has 1 aliphatic rings. The van der Waals surface area contributed by atoms with Crippen LogP contribution in [-0.2, 0) is 0 Å². The van der Waals surface area contributed by atoms with E-state index in [1.54, 1.807) is 6.08 Å². The highest BCUT2D eigenvalue weighted by Gasteiger charge is 2.27. The molecule has 25 heavy (non-hydrogen) atoms. The average molecular weight is 332 g/mol. The molecule has 0 aliphatic carbocycles. The molecular formula is C21H24N4. The molecule has 0 aromatic heterocycles. The number of allylic oxidation sites excluding steroid dienone is 1. The quantitative estimate of drug-likeness (QED) is 0.866. The van der Waals surface area contributed by atoms with Crippen molar-refractivity contribution in [3.63, 3.8) is 0 Å². The summed E-state index contributed by atoms with van der Waals surface area (Å²) in [5, 5.41) is 12.7. The molecule has 1 fully saturated rings. The van der Waals surface area contributed by atoms with E-state index in [-0.39, 0.29) is 0 Å². The Bertz CT molecular complexity index is 776. The van der Waals surface area contributed by atoms with Crippen LogP contribution in [0.2, 0.25) is 0 Å². The van der Waals surface area contributed by atoms with Gasteiger partial charge in [0.15, 0.2) is 0 Å². The fraction of sp³-hybridized carbons (Fsp3) is 0.286. The van der Waals surface area contributed by atoms with Gasteiger partial charge in [0.1, 0.15) is 5.82 Å². The van der Waals surface area contributed by atoms with Crippen molar-refractivity contribution < 1.29 is 0 Å². The van der Waals surface area contributed by atoms with Gasteiger partial charge in [-0.3, -0.25) is 4.90 Å². The Balaban J connectivity index is 1.81. The number of nitrogens with zero attached hydrogens (tertiary/aromatic N) is 3. The molecule has 0 radical (unpaired) electrons. The van der Waals surface area contributed by atoms with Gasteiger partial charge >= 0.3 is 0 Å². The van der Waals surface area contributed by atoms with Gasteiger partial charge in [-0.1, -0.05) is 48.5 Å². The molecule has 1 unspecified atom stereocenters. The Labute approximate surface area is 150 Å². The predicted molar refractivity (Wildman–Crippen MR) is 102 cm³/mol. The molecule has 0 saturated carbocycles. The Kier molecular flexibility index (Phi) is 5.37. The zero-order valence-corrected chi connectivity index (χ0v) is 14.8. The maximum Gasteiger partial charge on any atom is 0.117 e. The summed E-state index contributed by atoms with van der Waals surface area (Å²) in [5.41, 5.74) is 3.51. The normalized spacial score (nSPS) is 18.7. The van der Waals surface area contributed by atoms with Crippen molar-refractivity contribution in [2.45, 2.75) is 13.0 Å². The highest BCUT2D eigenvalue weighted by molar-refractivity contribution is 5.54. The third-order valence-corrected chi connectivity index (χ3v) is 4.78. The molecule has 3 rings (SSSR count). The van der Waals surface area contributed by atoms with Crippen molar-refractivity contribution >= 4 is 5.69 Å². The van der Waals surface area contributed by atoms with Crippen LogP contribution in [0, 0.1) is 18.3 Å². The molecule has 4 nitrogen and oxygen atoms in total. The van der Waals surface area contributed by atoms with Gasteiger partial charge in [0.05, 0.1) is 18.2 Å². The molecule has 2 aromatic rings. The summed E-state index contributed by atoms with van der Waals surface area (Å²) in [6.45, 7) is 4.78. The van der Waals surface area contributed by atoms with Gasteiger partial charge in [-0.15, -0.1) is 0 Å². The summed E-state index contributed by atoms with van der Waals surface area (Å²) >= 11 is 0. The first-order valence-electron chi connectivity index (χ1n) is 8.61. The van der Waals surface area contributed by atoms with Crippen LogP contribution in [0.3, 0.4) is 0 Å². The lowest BCUT2D eigenvalue weighted by Gasteiger charge is -2.41. The minimum absolute atomic E-state index is 0.315. The third-order valence-electron chi connectivity index (χ3n) is 4.78. The van der Waals surface area contributed by atoms with E-state index < -0.39 is 0 Å². The van der Waals surface area contributed by atoms with E-state index in [0.717, 1.165) is 31.1 Å². The number of likely N-dealkylation sites (N-methyl/N-ethyl adjacent to an activating group) is 1. The fourth-order valence-electron chi connectivity index (χ4n) is 3.25. The summed E-state index contributed by atoms with van der Waals surface area (Å²) in [7, 11) is 2.16. The van der Waals surface area contributed by atoms with Gasteiger partial charge in [-0.2, -0.15) is 5.26 Å². The topological polar surface area (TPSA) is 42.3 Å². The SMILES string of the molecule is Cc1ccccc1N/C(=C/C#N)N1CCN(C)C(c2ccccc2)C1. The molecule has 4 heteroatoms. The predicted octanol–water partition coefficient (Wildman–Crippen LogP) is 3.76. The molecule has 1 heterocycles. The summed E-state index contributed by atoms with van der Waals surface area (Å²) in [6.07, 6.45) is 1.61. The molecular weight excluding hydrogens is 308 g/mol. The lowest BCUT2D eigenvalue weighted by Crippen LogP contribution is -2.47. The van der Waals surface area contributed by atoms with Crippen LogP contribution in [0.15, 0.2) is 66.5 Å². The van der Waals surface area contributed by atoms with Crippen molar-refractivity contribution in [1.82, 2.24) is 9.80 Å². The standard InChI is InChI=1S/C21H24N4/c1-17-8-6-7-11-19(17)23-21(12-13-22)25-15-14-24(2)20(16-25)18-9-4-3-5-10-18/h3-12,20,23H,14-16H2,1-2H3/b21-12-. The number of nitrogens with one attached hydrogen (secondary N) is 1. The maximum absolute atomic E-state index is 9.25. The molecule has 1 aliphatic heterocycles. The Morgan fingerprint density at radius 2 is 1.84 bits per heavy atom.